The summed E-state index contributed by atoms with van der Waals surface area (Å²) >= 11 is 0. The van der Waals surface area contributed by atoms with Crippen LogP contribution < -0.4 is 15.5 Å². The molecule has 1 aliphatic heterocycles. The monoisotopic (exact) mass is 466 g/mol. The highest BCUT2D eigenvalue weighted by molar-refractivity contribution is 6.09. The minimum absolute atomic E-state index is 0.0807. The number of benzene rings is 3. The first kappa shape index (κ1) is 22.7. The molecule has 2 amide bonds. The number of fused-ring (bicyclic) bond motifs is 2. The van der Waals surface area contributed by atoms with Crippen LogP contribution in [0.2, 0.25) is 0 Å². The van der Waals surface area contributed by atoms with Crippen molar-refractivity contribution in [1.82, 2.24) is 4.98 Å². The van der Waals surface area contributed by atoms with Gasteiger partial charge in [0, 0.05) is 48.0 Å². The van der Waals surface area contributed by atoms with Crippen molar-refractivity contribution in [2.45, 2.75) is 33.2 Å². The minimum atomic E-state index is -0.178. The highest BCUT2D eigenvalue weighted by atomic mass is 16.2. The molecule has 0 saturated carbocycles. The van der Waals surface area contributed by atoms with E-state index in [1.165, 1.54) is 6.92 Å². The summed E-state index contributed by atoms with van der Waals surface area (Å²) in [5, 5.41) is 7.65. The molecule has 1 atom stereocenters. The summed E-state index contributed by atoms with van der Waals surface area (Å²) < 4.78 is 0. The Kier molecular flexibility index (Phi) is 6.03. The summed E-state index contributed by atoms with van der Waals surface area (Å²) in [5.41, 5.74) is 5.91. The molecule has 4 aromatic rings. The summed E-state index contributed by atoms with van der Waals surface area (Å²) in [7, 11) is 0. The summed E-state index contributed by atoms with van der Waals surface area (Å²) in [6.07, 6.45) is 2.76. The number of aromatic nitrogens is 1. The molecule has 6 heteroatoms. The largest absolute Gasteiger partial charge is 0.380 e. The van der Waals surface area contributed by atoms with E-state index in [0.717, 1.165) is 39.8 Å². The zero-order chi connectivity index (χ0) is 24.5. The van der Waals surface area contributed by atoms with Gasteiger partial charge in [-0.1, -0.05) is 38.1 Å². The highest BCUT2D eigenvalue weighted by Crippen LogP contribution is 2.35. The van der Waals surface area contributed by atoms with Gasteiger partial charge < -0.3 is 20.5 Å². The van der Waals surface area contributed by atoms with Gasteiger partial charge in [0.2, 0.25) is 5.91 Å². The molecule has 0 spiro atoms. The number of carbonyl (C=O) groups is 2. The molecule has 0 radical (unpaired) electrons. The standard InChI is InChI=1S/C29H30N4O2/c1-18(2)24-13-15-33(28-7-5-4-6-26(28)32-24)29(35)22-8-10-23(27(17-22)31-19(3)34)20-9-11-25-21(16-20)12-14-30-25/h4-12,14,16-18,24,30,32H,13,15H2,1-3H3,(H,31,34). The molecule has 0 saturated heterocycles. The first-order valence-electron chi connectivity index (χ1n) is 12.1. The predicted molar refractivity (Wildman–Crippen MR) is 143 cm³/mol. The number of anilines is 3. The van der Waals surface area contributed by atoms with Crippen molar-refractivity contribution in [1.29, 1.82) is 0 Å². The number of hydrogen-bond acceptors (Lipinski definition) is 3. The van der Waals surface area contributed by atoms with Crippen LogP contribution in [0.1, 0.15) is 37.6 Å². The van der Waals surface area contributed by atoms with E-state index in [1.54, 1.807) is 6.07 Å². The second-order valence-electron chi connectivity index (χ2n) is 9.48. The number of amides is 2. The fourth-order valence-corrected chi connectivity index (χ4v) is 4.80. The van der Waals surface area contributed by atoms with Crippen LogP contribution in [0.5, 0.6) is 0 Å². The maximum Gasteiger partial charge on any atom is 0.258 e. The smallest absolute Gasteiger partial charge is 0.258 e. The van der Waals surface area contributed by atoms with Crippen molar-refractivity contribution in [3.63, 3.8) is 0 Å². The molecule has 5 rings (SSSR count). The number of hydrogen-bond donors (Lipinski definition) is 3. The molecule has 1 aromatic heterocycles. The molecule has 3 aromatic carbocycles. The van der Waals surface area contributed by atoms with E-state index in [2.05, 4.69) is 35.5 Å². The van der Waals surface area contributed by atoms with Crippen molar-refractivity contribution in [2.75, 3.05) is 22.1 Å². The first-order chi connectivity index (χ1) is 16.9. The normalized spacial score (nSPS) is 15.4. The van der Waals surface area contributed by atoms with Crippen molar-refractivity contribution in [3.05, 3.63) is 78.5 Å². The Morgan fingerprint density at radius 1 is 1.03 bits per heavy atom. The lowest BCUT2D eigenvalue weighted by Gasteiger charge is -2.23. The summed E-state index contributed by atoms with van der Waals surface area (Å²) in [6.45, 7) is 6.49. The van der Waals surface area contributed by atoms with Crippen LogP contribution in [0.4, 0.5) is 17.1 Å². The van der Waals surface area contributed by atoms with E-state index in [0.29, 0.717) is 23.7 Å². The lowest BCUT2D eigenvalue weighted by Crippen LogP contribution is -2.33. The van der Waals surface area contributed by atoms with E-state index in [4.69, 9.17) is 0 Å². The van der Waals surface area contributed by atoms with Gasteiger partial charge in [-0.3, -0.25) is 9.59 Å². The van der Waals surface area contributed by atoms with Crippen LogP contribution in [0.3, 0.4) is 0 Å². The number of H-pyrrole nitrogens is 1. The van der Waals surface area contributed by atoms with Gasteiger partial charge in [0.25, 0.3) is 5.91 Å². The molecule has 3 N–H and O–H groups in total. The zero-order valence-electron chi connectivity index (χ0n) is 20.3. The molecule has 178 valence electrons. The molecule has 2 heterocycles. The quantitative estimate of drug-likeness (QED) is 0.331. The number of carbonyl (C=O) groups excluding carboxylic acids is 2. The van der Waals surface area contributed by atoms with Crippen molar-refractivity contribution >= 4 is 39.8 Å². The van der Waals surface area contributed by atoms with Gasteiger partial charge in [-0.05, 0) is 65.8 Å². The van der Waals surface area contributed by atoms with Crippen LogP contribution in [0.15, 0.2) is 72.9 Å². The van der Waals surface area contributed by atoms with Crippen LogP contribution in [-0.4, -0.2) is 29.4 Å². The van der Waals surface area contributed by atoms with E-state index >= 15 is 0 Å². The molecule has 0 fully saturated rings. The van der Waals surface area contributed by atoms with Gasteiger partial charge in [0.15, 0.2) is 0 Å². The van der Waals surface area contributed by atoms with Crippen LogP contribution in [0.25, 0.3) is 22.0 Å². The average Bonchev–Trinajstić information content (AvgIpc) is 3.22. The van der Waals surface area contributed by atoms with Gasteiger partial charge in [-0.2, -0.15) is 0 Å². The molecule has 0 aliphatic carbocycles. The Labute approximate surface area is 205 Å². The number of nitrogens with zero attached hydrogens (tertiary/aromatic N) is 1. The van der Waals surface area contributed by atoms with Gasteiger partial charge in [-0.25, -0.2) is 0 Å². The molecule has 1 aliphatic rings. The summed E-state index contributed by atoms with van der Waals surface area (Å²) in [4.78, 5) is 30.9. The molecule has 35 heavy (non-hydrogen) atoms. The Balaban J connectivity index is 1.53. The molecule has 1 unspecified atom stereocenters. The van der Waals surface area contributed by atoms with Crippen LogP contribution in [0, 0.1) is 5.92 Å². The fraction of sp³-hybridized carbons (Fsp3) is 0.241. The average molecular weight is 467 g/mol. The van der Waals surface area contributed by atoms with Gasteiger partial charge in [0.05, 0.1) is 11.4 Å². The van der Waals surface area contributed by atoms with Gasteiger partial charge in [-0.15, -0.1) is 0 Å². The minimum Gasteiger partial charge on any atom is -0.380 e. The number of para-hydroxylation sites is 2. The van der Waals surface area contributed by atoms with Crippen molar-refractivity contribution in [2.24, 2.45) is 5.92 Å². The number of aromatic amines is 1. The van der Waals surface area contributed by atoms with Crippen molar-refractivity contribution in [3.8, 4) is 11.1 Å². The third-order valence-corrected chi connectivity index (χ3v) is 6.69. The number of rotatable bonds is 4. The molecule has 0 bridgehead atoms. The van der Waals surface area contributed by atoms with Gasteiger partial charge in [0.1, 0.15) is 0 Å². The lowest BCUT2D eigenvalue weighted by atomic mass is 9.99. The molecule has 6 nitrogen and oxygen atoms in total. The van der Waals surface area contributed by atoms with Crippen LogP contribution >= 0.6 is 0 Å². The predicted octanol–water partition coefficient (Wildman–Crippen LogP) is 6.28. The molecular formula is C29H30N4O2. The summed E-state index contributed by atoms with van der Waals surface area (Å²) in [5.74, 6) is 0.187. The number of nitrogens with one attached hydrogen (secondary N) is 3. The zero-order valence-corrected chi connectivity index (χ0v) is 20.3. The third kappa shape index (κ3) is 4.52. The maximum atomic E-state index is 13.8. The van der Waals surface area contributed by atoms with E-state index < -0.39 is 0 Å². The topological polar surface area (TPSA) is 77.2 Å². The van der Waals surface area contributed by atoms with Gasteiger partial charge >= 0.3 is 0 Å². The summed E-state index contributed by atoms with van der Waals surface area (Å²) in [6, 6.07) is 21.9. The fourth-order valence-electron chi connectivity index (χ4n) is 4.80. The Hall–Kier alpha value is -4.06. The SMILES string of the molecule is CC(=O)Nc1cc(C(=O)N2CCC(C(C)C)Nc3ccccc32)ccc1-c1ccc2[nH]ccc2c1. The Morgan fingerprint density at radius 3 is 2.66 bits per heavy atom. The van der Waals surface area contributed by atoms with E-state index in [-0.39, 0.29) is 17.9 Å². The highest BCUT2D eigenvalue weighted by Gasteiger charge is 2.27. The lowest BCUT2D eigenvalue weighted by molar-refractivity contribution is -0.114. The van der Waals surface area contributed by atoms with E-state index in [9.17, 15) is 9.59 Å². The second-order valence-corrected chi connectivity index (χ2v) is 9.48. The third-order valence-electron chi connectivity index (χ3n) is 6.69. The van der Waals surface area contributed by atoms with Crippen LogP contribution in [-0.2, 0) is 4.79 Å². The molecular weight excluding hydrogens is 436 g/mol. The Morgan fingerprint density at radius 2 is 1.86 bits per heavy atom. The maximum absolute atomic E-state index is 13.8. The Bertz CT molecular complexity index is 1400. The van der Waals surface area contributed by atoms with E-state index in [1.807, 2.05) is 65.7 Å². The second kappa shape index (κ2) is 9.29. The first-order valence-corrected chi connectivity index (χ1v) is 12.1. The van der Waals surface area contributed by atoms with Crippen molar-refractivity contribution < 1.29 is 9.59 Å².